The summed E-state index contributed by atoms with van der Waals surface area (Å²) in [6.07, 6.45) is -4.78. The van der Waals surface area contributed by atoms with Crippen molar-refractivity contribution in [2.45, 2.75) is 37.8 Å². The summed E-state index contributed by atoms with van der Waals surface area (Å²) in [5.74, 6) is -0.403. The van der Waals surface area contributed by atoms with Crippen LogP contribution in [0, 0.1) is 5.82 Å². The minimum absolute atomic E-state index is 0.0549. The number of ether oxygens (including phenoxy) is 2. The van der Waals surface area contributed by atoms with Gasteiger partial charge >= 0.3 is 6.18 Å². The van der Waals surface area contributed by atoms with E-state index in [9.17, 15) is 27.5 Å². The lowest BCUT2D eigenvalue weighted by Crippen LogP contribution is -2.49. The Kier molecular flexibility index (Phi) is 7.35. The van der Waals surface area contributed by atoms with Crippen LogP contribution in [0.5, 0.6) is 11.5 Å². The second-order valence-electron chi connectivity index (χ2n) is 11.2. The minimum atomic E-state index is -4.78. The molecule has 2 aliphatic rings. The van der Waals surface area contributed by atoms with E-state index < -0.39 is 35.3 Å². The van der Waals surface area contributed by atoms with E-state index in [0.717, 1.165) is 6.92 Å². The number of hydrogen-bond acceptors (Lipinski definition) is 6. The fourth-order valence-corrected chi connectivity index (χ4v) is 5.07. The number of rotatable bonds is 7. The van der Waals surface area contributed by atoms with E-state index in [4.69, 9.17) is 9.47 Å². The lowest BCUT2D eigenvalue weighted by Gasteiger charge is -2.33. The predicted molar refractivity (Wildman–Crippen MR) is 145 cm³/mol. The Hall–Kier alpha value is -3.86. The summed E-state index contributed by atoms with van der Waals surface area (Å²) in [7, 11) is 0. The van der Waals surface area contributed by atoms with Gasteiger partial charge in [-0.3, -0.25) is 4.79 Å². The van der Waals surface area contributed by atoms with Crippen LogP contribution in [0.15, 0.2) is 48.5 Å². The summed E-state index contributed by atoms with van der Waals surface area (Å²) in [6.45, 7) is 5.46. The van der Waals surface area contributed by atoms with Crippen LogP contribution >= 0.6 is 0 Å². The van der Waals surface area contributed by atoms with Crippen molar-refractivity contribution in [1.82, 2.24) is 10.3 Å². The molecule has 1 aromatic heterocycles. The predicted octanol–water partition coefficient (Wildman–Crippen LogP) is 5.00. The molecular formula is C30H31F4N3O4. The molecular weight excluding hydrogens is 542 g/mol. The number of nitrogens with zero attached hydrogens (tertiary/aromatic N) is 2. The SMILES string of the molecule is CC1(C)COc2c1cc(C(C)(CNC(=O)c1ccc3c(c1)OCCN3CCO)C(F)(F)F)nc2-c1ccc(F)cc1. The standard InChI is InChI=1S/C30H31F4N3O4/c1-28(2)17-41-26-21(28)15-24(36-25(26)18-4-7-20(31)8-5-18)29(3,30(32,33)34)16-35-27(39)19-6-9-22-23(14-19)40-13-11-37(22)10-12-38/h4-9,14-15,38H,10-13,16-17H2,1-3H3,(H,35,39). The number of β-amino-alcohol motifs (C(OH)–C–C–N with tert-alkyl or cyclic N) is 1. The van der Waals surface area contributed by atoms with Gasteiger partial charge in [0.05, 0.1) is 31.1 Å². The van der Waals surface area contributed by atoms with Gasteiger partial charge in [-0.15, -0.1) is 0 Å². The van der Waals surface area contributed by atoms with E-state index in [1.807, 2.05) is 18.7 Å². The van der Waals surface area contributed by atoms with E-state index in [-0.39, 0.29) is 30.2 Å². The third-order valence-electron chi connectivity index (χ3n) is 7.74. The number of amides is 1. The number of aromatic nitrogens is 1. The van der Waals surface area contributed by atoms with Crippen LogP contribution in [0.25, 0.3) is 11.3 Å². The molecule has 3 heterocycles. The maximum Gasteiger partial charge on any atom is 0.401 e. The molecule has 0 radical (unpaired) electrons. The number of anilines is 1. The number of nitrogens with one attached hydrogen (secondary N) is 1. The van der Waals surface area contributed by atoms with Gasteiger partial charge in [-0.2, -0.15) is 13.2 Å². The third kappa shape index (κ3) is 5.30. The lowest BCUT2D eigenvalue weighted by molar-refractivity contribution is -0.184. The quantitative estimate of drug-likeness (QED) is 0.387. The third-order valence-corrected chi connectivity index (χ3v) is 7.74. The highest BCUT2D eigenvalue weighted by Gasteiger charge is 2.54. The number of aliphatic hydroxyl groups is 1. The van der Waals surface area contributed by atoms with Crippen LogP contribution < -0.4 is 19.7 Å². The van der Waals surface area contributed by atoms with Crippen LogP contribution in [-0.4, -0.2) is 61.6 Å². The zero-order chi connectivity index (χ0) is 29.6. The number of fused-ring (bicyclic) bond motifs is 2. The molecule has 2 N–H and O–H groups in total. The van der Waals surface area contributed by atoms with E-state index in [0.29, 0.717) is 48.0 Å². The highest BCUT2D eigenvalue weighted by molar-refractivity contribution is 5.95. The number of halogens is 4. The molecule has 0 saturated heterocycles. The first-order valence-corrected chi connectivity index (χ1v) is 13.3. The molecule has 0 bridgehead atoms. The first-order chi connectivity index (χ1) is 19.3. The molecule has 0 aliphatic carbocycles. The van der Waals surface area contributed by atoms with Crippen molar-refractivity contribution in [3.05, 3.63) is 71.2 Å². The Morgan fingerprint density at radius 2 is 1.85 bits per heavy atom. The molecule has 218 valence electrons. The lowest BCUT2D eigenvalue weighted by atomic mass is 9.80. The second-order valence-corrected chi connectivity index (χ2v) is 11.2. The molecule has 11 heteroatoms. The molecule has 0 saturated carbocycles. The van der Waals surface area contributed by atoms with Gasteiger partial charge in [0.25, 0.3) is 5.91 Å². The normalized spacial score (nSPS) is 17.1. The maximum atomic E-state index is 14.8. The van der Waals surface area contributed by atoms with Crippen LogP contribution in [0.4, 0.5) is 23.2 Å². The smallest absolute Gasteiger partial charge is 0.401 e. The van der Waals surface area contributed by atoms with Gasteiger partial charge in [-0.25, -0.2) is 9.37 Å². The minimum Gasteiger partial charge on any atom is -0.490 e. The molecule has 0 spiro atoms. The number of aliphatic hydroxyl groups excluding tert-OH is 1. The number of carbonyl (C=O) groups is 1. The molecule has 1 unspecified atom stereocenters. The topological polar surface area (TPSA) is 83.9 Å². The Morgan fingerprint density at radius 3 is 2.54 bits per heavy atom. The monoisotopic (exact) mass is 573 g/mol. The van der Waals surface area contributed by atoms with E-state index >= 15 is 0 Å². The highest BCUT2D eigenvalue weighted by atomic mass is 19.4. The van der Waals surface area contributed by atoms with Crippen molar-refractivity contribution in [2.24, 2.45) is 0 Å². The van der Waals surface area contributed by atoms with Crippen LogP contribution in [-0.2, 0) is 10.8 Å². The Bertz CT molecular complexity index is 1460. The fraction of sp³-hybridized carbons (Fsp3) is 0.400. The molecule has 0 fully saturated rings. The molecule has 5 rings (SSSR count). The molecule has 1 amide bonds. The van der Waals surface area contributed by atoms with Gasteiger partial charge in [-0.05, 0) is 55.5 Å². The summed E-state index contributed by atoms with van der Waals surface area (Å²) in [5, 5.41) is 11.8. The van der Waals surface area contributed by atoms with Crippen molar-refractivity contribution in [2.75, 3.05) is 44.4 Å². The van der Waals surface area contributed by atoms with Crippen molar-refractivity contribution in [3.63, 3.8) is 0 Å². The molecule has 7 nitrogen and oxygen atoms in total. The average molecular weight is 574 g/mol. The van der Waals surface area contributed by atoms with Crippen LogP contribution in [0.3, 0.4) is 0 Å². The second kappa shape index (κ2) is 10.5. The van der Waals surface area contributed by atoms with E-state index in [2.05, 4.69) is 10.3 Å². The number of hydrogen-bond donors (Lipinski definition) is 2. The maximum absolute atomic E-state index is 14.8. The molecule has 1 atom stereocenters. The first kappa shape index (κ1) is 28.7. The van der Waals surface area contributed by atoms with Crippen LogP contribution in [0.1, 0.15) is 42.4 Å². The first-order valence-electron chi connectivity index (χ1n) is 13.3. The molecule has 2 aromatic carbocycles. The van der Waals surface area contributed by atoms with Crippen LogP contribution in [0.2, 0.25) is 0 Å². The Balaban J connectivity index is 1.49. The van der Waals surface area contributed by atoms with Gasteiger partial charge in [0.15, 0.2) is 0 Å². The Labute approximate surface area is 235 Å². The van der Waals surface area contributed by atoms with Gasteiger partial charge in [0.2, 0.25) is 0 Å². The van der Waals surface area contributed by atoms with Crippen molar-refractivity contribution in [3.8, 4) is 22.8 Å². The summed E-state index contributed by atoms with van der Waals surface area (Å²) < 4.78 is 69.5. The summed E-state index contributed by atoms with van der Waals surface area (Å²) in [6, 6.07) is 11.4. The number of benzene rings is 2. The molecule has 3 aromatic rings. The van der Waals surface area contributed by atoms with Gasteiger partial charge < -0.3 is 24.8 Å². The summed E-state index contributed by atoms with van der Waals surface area (Å²) in [5.41, 5.74) is -1.44. The average Bonchev–Trinajstić information content (AvgIpc) is 3.25. The van der Waals surface area contributed by atoms with Crippen molar-refractivity contribution in [1.29, 1.82) is 0 Å². The zero-order valence-electron chi connectivity index (χ0n) is 22.9. The van der Waals surface area contributed by atoms with Gasteiger partial charge in [-0.1, -0.05) is 13.8 Å². The Morgan fingerprint density at radius 1 is 1.12 bits per heavy atom. The van der Waals surface area contributed by atoms with Gasteiger partial charge in [0.1, 0.15) is 35.0 Å². The fourth-order valence-electron chi connectivity index (χ4n) is 5.07. The largest absolute Gasteiger partial charge is 0.490 e. The number of carbonyl (C=O) groups excluding carboxylic acids is 1. The van der Waals surface area contributed by atoms with Crippen molar-refractivity contribution >= 4 is 11.6 Å². The number of alkyl halides is 3. The highest BCUT2D eigenvalue weighted by Crippen LogP contribution is 2.48. The van der Waals surface area contributed by atoms with Gasteiger partial charge in [0, 0.05) is 35.2 Å². The summed E-state index contributed by atoms with van der Waals surface area (Å²) >= 11 is 0. The summed E-state index contributed by atoms with van der Waals surface area (Å²) in [4.78, 5) is 19.4. The molecule has 2 aliphatic heterocycles. The zero-order valence-corrected chi connectivity index (χ0v) is 22.9. The van der Waals surface area contributed by atoms with E-state index in [1.165, 1.54) is 42.5 Å². The van der Waals surface area contributed by atoms with E-state index in [1.54, 1.807) is 6.07 Å². The number of pyridine rings is 1. The molecule has 41 heavy (non-hydrogen) atoms. The van der Waals surface area contributed by atoms with Crippen molar-refractivity contribution < 1.29 is 36.9 Å².